The third-order valence-electron chi connectivity index (χ3n) is 4.12. The van der Waals surface area contributed by atoms with Crippen LogP contribution in [0, 0.1) is 0 Å². The first-order valence-corrected chi connectivity index (χ1v) is 8.83. The van der Waals surface area contributed by atoms with Crippen LogP contribution < -0.4 is 4.74 Å². The van der Waals surface area contributed by atoms with Crippen molar-refractivity contribution in [1.29, 1.82) is 0 Å². The molecule has 8 heteroatoms. The van der Waals surface area contributed by atoms with Gasteiger partial charge in [0.1, 0.15) is 6.10 Å². The Bertz CT molecular complexity index is 764. The van der Waals surface area contributed by atoms with E-state index in [2.05, 4.69) is 20.9 Å². The number of ether oxygens (including phenoxy) is 1. The smallest absolute Gasteiger partial charge is 0.416 e. The second-order valence-electron chi connectivity index (χ2n) is 6.05. The van der Waals surface area contributed by atoms with E-state index in [0.29, 0.717) is 31.0 Å². The molecular weight excluding hydrogens is 413 g/mol. The Labute approximate surface area is 157 Å². The summed E-state index contributed by atoms with van der Waals surface area (Å²) in [6.07, 6.45) is -2.11. The molecule has 1 aliphatic rings. The Morgan fingerprint density at radius 2 is 1.96 bits per heavy atom. The van der Waals surface area contributed by atoms with Gasteiger partial charge < -0.3 is 9.64 Å². The van der Waals surface area contributed by atoms with Gasteiger partial charge in [-0.2, -0.15) is 13.2 Å². The number of pyridine rings is 1. The summed E-state index contributed by atoms with van der Waals surface area (Å²) in [6, 6.07) is 8.25. The van der Waals surface area contributed by atoms with Crippen molar-refractivity contribution >= 4 is 21.8 Å². The van der Waals surface area contributed by atoms with Crippen LogP contribution in [-0.2, 0) is 17.4 Å². The lowest BCUT2D eigenvalue weighted by atomic mass is 10.1. The number of carbonyl (C=O) groups is 1. The zero-order valence-electron chi connectivity index (χ0n) is 13.7. The topological polar surface area (TPSA) is 42.4 Å². The van der Waals surface area contributed by atoms with Gasteiger partial charge in [-0.05, 0) is 39.7 Å². The number of carbonyl (C=O) groups excluding carboxylic acids is 1. The minimum Gasteiger partial charge on any atom is -0.472 e. The van der Waals surface area contributed by atoms with Crippen molar-refractivity contribution in [2.45, 2.75) is 25.1 Å². The Balaban J connectivity index is 1.53. The molecule has 0 saturated carbocycles. The van der Waals surface area contributed by atoms with Crippen molar-refractivity contribution in [3.05, 3.63) is 58.2 Å². The van der Waals surface area contributed by atoms with E-state index in [1.165, 1.54) is 12.1 Å². The average Bonchev–Trinajstić information content (AvgIpc) is 3.05. The fraction of sp³-hybridized carbons (Fsp3) is 0.333. The SMILES string of the molecule is O=C(Cc1ccc(C(F)(F)F)cc1)N1CC[C@@H](Oc2ccc(Br)cn2)C1. The molecule has 0 aliphatic carbocycles. The summed E-state index contributed by atoms with van der Waals surface area (Å²) in [7, 11) is 0. The van der Waals surface area contributed by atoms with Crippen molar-refractivity contribution in [2.75, 3.05) is 13.1 Å². The van der Waals surface area contributed by atoms with Crippen molar-refractivity contribution < 1.29 is 22.7 Å². The Kier molecular flexibility index (Phi) is 5.50. The van der Waals surface area contributed by atoms with Gasteiger partial charge in [-0.25, -0.2) is 4.98 Å². The predicted molar refractivity (Wildman–Crippen MR) is 92.7 cm³/mol. The number of hydrogen-bond donors (Lipinski definition) is 0. The monoisotopic (exact) mass is 428 g/mol. The molecule has 0 unspecified atom stereocenters. The first-order valence-electron chi connectivity index (χ1n) is 8.03. The Hall–Kier alpha value is -2.09. The Morgan fingerprint density at radius 1 is 1.23 bits per heavy atom. The molecule has 1 aromatic carbocycles. The maximum atomic E-state index is 12.6. The molecule has 26 heavy (non-hydrogen) atoms. The molecule has 0 radical (unpaired) electrons. The number of rotatable bonds is 4. The number of amides is 1. The number of halogens is 4. The lowest BCUT2D eigenvalue weighted by Gasteiger charge is -2.17. The number of benzene rings is 1. The van der Waals surface area contributed by atoms with Crippen molar-refractivity contribution in [3.63, 3.8) is 0 Å². The summed E-state index contributed by atoms with van der Waals surface area (Å²) in [5.74, 6) is 0.370. The van der Waals surface area contributed by atoms with Crippen LogP contribution in [-0.4, -0.2) is 35.0 Å². The molecule has 3 rings (SSSR count). The average molecular weight is 429 g/mol. The maximum Gasteiger partial charge on any atom is 0.416 e. The molecule has 1 aromatic heterocycles. The van der Waals surface area contributed by atoms with E-state index in [-0.39, 0.29) is 18.4 Å². The molecule has 2 aromatic rings. The van der Waals surface area contributed by atoms with Crippen LogP contribution in [0.25, 0.3) is 0 Å². The predicted octanol–water partition coefficient (Wildman–Crippen LogP) is 4.09. The maximum absolute atomic E-state index is 12.6. The molecule has 138 valence electrons. The van der Waals surface area contributed by atoms with E-state index in [0.717, 1.165) is 16.6 Å². The highest BCUT2D eigenvalue weighted by Gasteiger charge is 2.31. The second kappa shape index (κ2) is 7.65. The number of aromatic nitrogens is 1. The van der Waals surface area contributed by atoms with E-state index < -0.39 is 11.7 Å². The molecule has 1 atom stereocenters. The molecule has 1 amide bonds. The minimum atomic E-state index is -4.37. The molecule has 0 spiro atoms. The first kappa shape index (κ1) is 18.7. The number of nitrogens with zero attached hydrogens (tertiary/aromatic N) is 2. The van der Waals surface area contributed by atoms with Crippen molar-refractivity contribution in [3.8, 4) is 5.88 Å². The lowest BCUT2D eigenvalue weighted by molar-refractivity contribution is -0.137. The van der Waals surface area contributed by atoms with Gasteiger partial charge in [0.05, 0.1) is 18.5 Å². The van der Waals surface area contributed by atoms with E-state index in [1.807, 2.05) is 6.07 Å². The first-order chi connectivity index (χ1) is 12.3. The Morgan fingerprint density at radius 3 is 2.58 bits per heavy atom. The highest BCUT2D eigenvalue weighted by molar-refractivity contribution is 9.10. The van der Waals surface area contributed by atoms with E-state index in [1.54, 1.807) is 17.2 Å². The van der Waals surface area contributed by atoms with Gasteiger partial charge in [-0.15, -0.1) is 0 Å². The quantitative estimate of drug-likeness (QED) is 0.736. The number of likely N-dealkylation sites (tertiary alicyclic amines) is 1. The summed E-state index contributed by atoms with van der Waals surface area (Å²) in [5.41, 5.74) is -0.160. The number of alkyl halides is 3. The van der Waals surface area contributed by atoms with Crippen molar-refractivity contribution in [1.82, 2.24) is 9.88 Å². The molecule has 0 N–H and O–H groups in total. The largest absolute Gasteiger partial charge is 0.472 e. The van der Waals surface area contributed by atoms with Gasteiger partial charge in [0.2, 0.25) is 11.8 Å². The molecule has 1 fully saturated rings. The van der Waals surface area contributed by atoms with Crippen LogP contribution in [0.15, 0.2) is 47.1 Å². The standard InChI is InChI=1S/C18H16BrF3N2O2/c19-14-5-6-16(23-10-14)26-15-7-8-24(11-15)17(25)9-12-1-3-13(4-2-12)18(20,21)22/h1-6,10,15H,7-9,11H2/t15-/m1/s1. The van der Waals surface area contributed by atoms with Gasteiger partial charge in [0, 0.05) is 29.7 Å². The highest BCUT2D eigenvalue weighted by atomic mass is 79.9. The highest BCUT2D eigenvalue weighted by Crippen LogP contribution is 2.29. The van der Waals surface area contributed by atoms with Crippen LogP contribution in [0.4, 0.5) is 13.2 Å². The molecule has 4 nitrogen and oxygen atoms in total. The van der Waals surface area contributed by atoms with Gasteiger partial charge >= 0.3 is 6.18 Å². The fourth-order valence-electron chi connectivity index (χ4n) is 2.75. The van der Waals surface area contributed by atoms with Crippen LogP contribution >= 0.6 is 15.9 Å². The third kappa shape index (κ3) is 4.75. The molecule has 1 aliphatic heterocycles. The molecule has 2 heterocycles. The summed E-state index contributed by atoms with van der Waals surface area (Å²) in [4.78, 5) is 18.2. The number of hydrogen-bond acceptors (Lipinski definition) is 3. The summed E-state index contributed by atoms with van der Waals surface area (Å²) in [6.45, 7) is 0.998. The van der Waals surface area contributed by atoms with E-state index >= 15 is 0 Å². The molecular formula is C18H16BrF3N2O2. The van der Waals surface area contributed by atoms with E-state index in [4.69, 9.17) is 4.74 Å². The summed E-state index contributed by atoms with van der Waals surface area (Å²) < 4.78 is 44.3. The third-order valence-corrected chi connectivity index (χ3v) is 4.59. The van der Waals surface area contributed by atoms with Gasteiger partial charge in [-0.3, -0.25) is 4.79 Å². The van der Waals surface area contributed by atoms with Gasteiger partial charge in [0.15, 0.2) is 0 Å². The fourth-order valence-corrected chi connectivity index (χ4v) is 2.99. The zero-order chi connectivity index (χ0) is 18.7. The lowest BCUT2D eigenvalue weighted by Crippen LogP contribution is -2.32. The summed E-state index contributed by atoms with van der Waals surface area (Å²) in [5, 5.41) is 0. The van der Waals surface area contributed by atoms with E-state index in [9.17, 15) is 18.0 Å². The van der Waals surface area contributed by atoms with Crippen LogP contribution in [0.2, 0.25) is 0 Å². The molecule has 0 bridgehead atoms. The van der Waals surface area contributed by atoms with Gasteiger partial charge in [-0.1, -0.05) is 12.1 Å². The van der Waals surface area contributed by atoms with Crippen LogP contribution in [0.5, 0.6) is 5.88 Å². The van der Waals surface area contributed by atoms with Gasteiger partial charge in [0.25, 0.3) is 0 Å². The van der Waals surface area contributed by atoms with Crippen LogP contribution in [0.1, 0.15) is 17.5 Å². The normalized spacial score (nSPS) is 17.4. The van der Waals surface area contributed by atoms with Crippen LogP contribution in [0.3, 0.4) is 0 Å². The minimum absolute atomic E-state index is 0.0708. The summed E-state index contributed by atoms with van der Waals surface area (Å²) >= 11 is 3.30. The zero-order valence-corrected chi connectivity index (χ0v) is 15.3. The second-order valence-corrected chi connectivity index (χ2v) is 6.97. The van der Waals surface area contributed by atoms with Crippen molar-refractivity contribution in [2.24, 2.45) is 0 Å². The molecule has 1 saturated heterocycles.